The molecule has 270 valence electrons. The van der Waals surface area contributed by atoms with Gasteiger partial charge in [-0.2, -0.15) is 0 Å². The molecule has 1 nitrogen and oxygen atoms in total. The molecule has 0 unspecified atom stereocenters. The predicted octanol–water partition coefficient (Wildman–Crippen LogP) is 14.5. The van der Waals surface area contributed by atoms with Gasteiger partial charge in [-0.05, 0) is 178 Å². The molecule has 1 aliphatic heterocycles. The minimum atomic E-state index is 0.105. The van der Waals surface area contributed by atoms with Crippen molar-refractivity contribution < 1.29 is 0 Å². The minimum absolute atomic E-state index is 0.105. The lowest BCUT2D eigenvalue weighted by atomic mass is 9.42. The summed E-state index contributed by atoms with van der Waals surface area (Å²) in [4.78, 5) is 5.55. The van der Waals surface area contributed by atoms with E-state index in [0.29, 0.717) is 0 Å². The molecule has 1 spiro atoms. The number of nitrogens with zero attached hydrogens (tertiary/aromatic N) is 1. The van der Waals surface area contributed by atoms with Crippen molar-refractivity contribution in [1.82, 2.24) is 0 Å². The van der Waals surface area contributed by atoms with E-state index in [0.717, 1.165) is 23.7 Å². The van der Waals surface area contributed by atoms with E-state index in [1.165, 1.54) is 105 Å². The van der Waals surface area contributed by atoms with Crippen LogP contribution < -0.4 is 4.90 Å². The lowest BCUT2D eigenvalue weighted by Gasteiger charge is -2.63. The van der Waals surface area contributed by atoms with E-state index in [1.54, 1.807) is 11.1 Å². The van der Waals surface area contributed by atoms with E-state index >= 15 is 0 Å². The Kier molecular flexibility index (Phi) is 7.27. The molecule has 4 bridgehead atoms. The Morgan fingerprint density at radius 3 is 1.78 bits per heavy atom. The summed E-state index contributed by atoms with van der Waals surface area (Å²) in [5.74, 6) is 3.30. The van der Waals surface area contributed by atoms with E-state index in [1.807, 2.05) is 11.8 Å². The van der Waals surface area contributed by atoms with Gasteiger partial charge in [0.05, 0.1) is 0 Å². The Labute approximate surface area is 326 Å². The smallest absolute Gasteiger partial charge is 0.0465 e. The average Bonchev–Trinajstić information content (AvgIpc) is 3.18. The quantitative estimate of drug-likeness (QED) is 0.178. The van der Waals surface area contributed by atoms with Gasteiger partial charge in [0.2, 0.25) is 0 Å². The molecule has 4 fully saturated rings. The highest BCUT2D eigenvalue weighted by atomic mass is 32.2. The Bertz CT molecular complexity index is 2420. The van der Waals surface area contributed by atoms with Crippen molar-refractivity contribution in [2.75, 3.05) is 4.90 Å². The maximum absolute atomic E-state index is 2.66. The second-order valence-electron chi connectivity index (χ2n) is 18.9. The molecule has 0 amide bonds. The summed E-state index contributed by atoms with van der Waals surface area (Å²) in [6.45, 7) is 9.79. The molecular weight excluding hydrogens is 671 g/mol. The first-order valence-electron chi connectivity index (χ1n) is 20.6. The van der Waals surface area contributed by atoms with Gasteiger partial charge < -0.3 is 4.90 Å². The van der Waals surface area contributed by atoms with Gasteiger partial charge in [-0.3, -0.25) is 0 Å². The maximum Gasteiger partial charge on any atom is 0.0465 e. The van der Waals surface area contributed by atoms with E-state index in [9.17, 15) is 0 Å². The van der Waals surface area contributed by atoms with Crippen molar-refractivity contribution in [2.45, 2.75) is 98.7 Å². The van der Waals surface area contributed by atoms with E-state index < -0.39 is 0 Å². The molecule has 6 aromatic rings. The third kappa shape index (κ3) is 4.91. The highest BCUT2D eigenvalue weighted by Gasteiger charge is 2.60. The van der Waals surface area contributed by atoms with Gasteiger partial charge in [-0.1, -0.05) is 112 Å². The summed E-state index contributed by atoms with van der Waals surface area (Å²) in [5, 5.41) is 2.57. The van der Waals surface area contributed by atoms with E-state index in [-0.39, 0.29) is 16.2 Å². The van der Waals surface area contributed by atoms with Crippen molar-refractivity contribution in [3.63, 3.8) is 0 Å². The van der Waals surface area contributed by atoms with Crippen LogP contribution >= 0.6 is 11.8 Å². The normalized spacial score (nSPS) is 26.7. The highest BCUT2D eigenvalue weighted by Crippen LogP contribution is 2.69. The zero-order valence-corrected chi connectivity index (χ0v) is 33.1. The Hall–Kier alpha value is -4.27. The van der Waals surface area contributed by atoms with Crippen molar-refractivity contribution in [1.29, 1.82) is 0 Å². The Morgan fingerprint density at radius 1 is 0.463 bits per heavy atom. The monoisotopic (exact) mass is 721 g/mol. The molecule has 12 rings (SSSR count). The number of hydrogen-bond donors (Lipinski definition) is 0. The Balaban J connectivity index is 1.09. The zero-order valence-electron chi connectivity index (χ0n) is 32.2. The molecule has 4 saturated carbocycles. The molecule has 2 heteroatoms. The van der Waals surface area contributed by atoms with Gasteiger partial charge >= 0.3 is 0 Å². The molecule has 0 atom stereocenters. The molecule has 0 radical (unpaired) electrons. The molecule has 54 heavy (non-hydrogen) atoms. The maximum atomic E-state index is 2.66. The topological polar surface area (TPSA) is 3.24 Å². The van der Waals surface area contributed by atoms with Crippen LogP contribution in [0.4, 0.5) is 17.1 Å². The van der Waals surface area contributed by atoms with Crippen LogP contribution in [-0.2, 0) is 16.2 Å². The molecule has 6 aromatic carbocycles. The summed E-state index contributed by atoms with van der Waals surface area (Å²) in [6.07, 6.45) is 9.48. The lowest BCUT2D eigenvalue weighted by Crippen LogP contribution is -2.57. The summed E-state index contributed by atoms with van der Waals surface area (Å²) in [7, 11) is 0. The van der Waals surface area contributed by atoms with Gasteiger partial charge in [-0.25, -0.2) is 0 Å². The Morgan fingerprint density at radius 2 is 1.04 bits per heavy atom. The summed E-state index contributed by atoms with van der Waals surface area (Å²) >= 11 is 2.01. The predicted molar refractivity (Wildman–Crippen MR) is 228 cm³/mol. The molecule has 0 saturated heterocycles. The molecule has 0 N–H and O–H groups in total. The molecule has 6 aliphatic rings. The van der Waals surface area contributed by atoms with Crippen molar-refractivity contribution in [2.24, 2.45) is 23.7 Å². The number of anilines is 3. The fraction of sp³-hybridized carbons (Fsp3) is 0.346. The molecule has 1 heterocycles. The third-order valence-electron chi connectivity index (χ3n) is 14.9. The number of benzene rings is 6. The summed E-state index contributed by atoms with van der Waals surface area (Å²) in [5.41, 5.74) is 13.0. The van der Waals surface area contributed by atoms with Crippen LogP contribution in [0.25, 0.3) is 21.9 Å². The van der Waals surface area contributed by atoms with Crippen LogP contribution in [0.15, 0.2) is 137 Å². The lowest BCUT2D eigenvalue weighted by molar-refractivity contribution is -0.0443. The summed E-state index contributed by atoms with van der Waals surface area (Å²) < 4.78 is 0. The van der Waals surface area contributed by atoms with Crippen LogP contribution in [0, 0.1) is 23.7 Å². The number of hydrogen-bond acceptors (Lipinski definition) is 2. The number of fused-ring (bicyclic) bond motifs is 4. The van der Waals surface area contributed by atoms with Crippen LogP contribution in [0.2, 0.25) is 0 Å². The minimum Gasteiger partial charge on any atom is -0.310 e. The van der Waals surface area contributed by atoms with E-state index in [2.05, 4.69) is 160 Å². The molecular formula is C52H51NS. The van der Waals surface area contributed by atoms with Gasteiger partial charge in [-0.15, -0.1) is 0 Å². The first-order valence-corrected chi connectivity index (χ1v) is 21.5. The van der Waals surface area contributed by atoms with Crippen LogP contribution in [0.1, 0.15) is 94.9 Å². The fourth-order valence-electron chi connectivity index (χ4n) is 12.4. The van der Waals surface area contributed by atoms with Crippen molar-refractivity contribution >= 4 is 39.6 Å². The standard InChI is InChI=1S/C52H51NS/c1-50(2)23-24-51(3,4)46-31-42(19-21-44(46)50)53(41-17-15-36(16-18-41)38-14-13-35-9-5-6-10-37(35)30-38)43-20-22-49-47(32-43)52(45-11-7-8-12-48(45)54-49)39-26-33-25-34(28-39)29-40(52)27-33/h5-22,30-34,39-40H,23-29H2,1-4H3. The first kappa shape index (κ1) is 33.1. The van der Waals surface area contributed by atoms with Crippen molar-refractivity contribution in [3.05, 3.63) is 150 Å². The zero-order chi connectivity index (χ0) is 36.4. The van der Waals surface area contributed by atoms with Gasteiger partial charge in [0.1, 0.15) is 0 Å². The number of rotatable bonds is 4. The summed E-state index contributed by atoms with van der Waals surface area (Å²) in [6, 6.07) is 49.4. The fourth-order valence-corrected chi connectivity index (χ4v) is 13.6. The van der Waals surface area contributed by atoms with Crippen LogP contribution in [-0.4, -0.2) is 0 Å². The molecule has 0 aromatic heterocycles. The molecule has 5 aliphatic carbocycles. The highest BCUT2D eigenvalue weighted by molar-refractivity contribution is 7.99. The second kappa shape index (κ2) is 11.9. The largest absolute Gasteiger partial charge is 0.310 e. The van der Waals surface area contributed by atoms with Crippen molar-refractivity contribution in [3.8, 4) is 11.1 Å². The second-order valence-corrected chi connectivity index (χ2v) is 20.0. The first-order chi connectivity index (χ1) is 26.2. The van der Waals surface area contributed by atoms with Crippen LogP contribution in [0.5, 0.6) is 0 Å². The van der Waals surface area contributed by atoms with E-state index in [4.69, 9.17) is 0 Å². The SMILES string of the molecule is CC1(C)CCC(C)(C)c2cc(N(c3ccc(-c4ccc5ccccc5c4)cc3)c3ccc4c(c3)C3(c5ccccc5S4)C4CC5CC(C4)CC3C5)ccc21. The average molecular weight is 722 g/mol. The van der Waals surface area contributed by atoms with Crippen LogP contribution in [0.3, 0.4) is 0 Å². The van der Waals surface area contributed by atoms with Gasteiger partial charge in [0, 0.05) is 32.3 Å². The van der Waals surface area contributed by atoms with Gasteiger partial charge in [0.25, 0.3) is 0 Å². The van der Waals surface area contributed by atoms with Gasteiger partial charge in [0.15, 0.2) is 0 Å². The third-order valence-corrected chi connectivity index (χ3v) is 16.1.